The number of likely N-dealkylation sites (tertiary alicyclic amines) is 2. The van der Waals surface area contributed by atoms with Gasteiger partial charge in [0.1, 0.15) is 0 Å². The molecule has 0 radical (unpaired) electrons. The Bertz CT molecular complexity index is 836. The van der Waals surface area contributed by atoms with Crippen molar-refractivity contribution in [3.05, 3.63) is 71.8 Å². The van der Waals surface area contributed by atoms with Gasteiger partial charge in [-0.25, -0.2) is 0 Å². The number of benzene rings is 2. The fraction of sp³-hybridized carbons (Fsp3) is 0.462. The first-order chi connectivity index (χ1) is 15.3. The molecule has 7 heteroatoms. The van der Waals surface area contributed by atoms with Gasteiger partial charge < -0.3 is 19.8 Å². The normalized spacial score (nSPS) is 25.0. The molecule has 2 atom stereocenters. The molecule has 0 bridgehead atoms. The van der Waals surface area contributed by atoms with Crippen molar-refractivity contribution in [1.82, 2.24) is 9.80 Å². The number of aliphatic carboxylic acids is 2. The van der Waals surface area contributed by atoms with Crippen LogP contribution in [0.5, 0.6) is 0 Å². The number of carboxylic acid groups (broad SMARTS) is 2. The molecule has 6 nitrogen and oxygen atoms in total. The Kier molecular flexibility index (Phi) is 10.7. The second-order valence-electron chi connectivity index (χ2n) is 9.14. The smallest absolute Gasteiger partial charge is 0.548 e. The van der Waals surface area contributed by atoms with Gasteiger partial charge in [0, 0.05) is 13.1 Å². The van der Waals surface area contributed by atoms with Crippen LogP contribution in [0.3, 0.4) is 0 Å². The third-order valence-corrected chi connectivity index (χ3v) is 6.89. The van der Waals surface area contributed by atoms with E-state index in [-0.39, 0.29) is 48.9 Å². The van der Waals surface area contributed by atoms with Crippen LogP contribution in [0.25, 0.3) is 0 Å². The van der Waals surface area contributed by atoms with Gasteiger partial charge in [-0.05, 0) is 63.7 Å². The summed E-state index contributed by atoms with van der Waals surface area (Å²) in [5.41, 5.74) is 0.708. The maximum absolute atomic E-state index is 11.2. The Morgan fingerprint density at radius 1 is 0.727 bits per heavy atom. The van der Waals surface area contributed by atoms with E-state index in [2.05, 4.69) is 0 Å². The van der Waals surface area contributed by atoms with Crippen molar-refractivity contribution in [2.24, 2.45) is 0 Å². The molecule has 2 aliphatic heterocycles. The van der Waals surface area contributed by atoms with Crippen LogP contribution in [0.1, 0.15) is 50.7 Å². The summed E-state index contributed by atoms with van der Waals surface area (Å²) in [6, 6.07) is 19.9. The molecule has 0 amide bonds. The van der Waals surface area contributed by atoms with Crippen LogP contribution in [-0.4, -0.2) is 94.8 Å². The summed E-state index contributed by atoms with van der Waals surface area (Å²) in [7, 11) is 0. The van der Waals surface area contributed by atoms with Crippen molar-refractivity contribution in [2.45, 2.75) is 63.7 Å². The molecular weight excluding hydrogens is 542 g/mol. The predicted octanol–water partition coefficient (Wildman–Crippen LogP) is 1.20. The van der Waals surface area contributed by atoms with Gasteiger partial charge in [0.05, 0.1) is 23.0 Å². The van der Waals surface area contributed by atoms with Crippen LogP contribution >= 0.6 is 0 Å². The number of carbonyl (C=O) groups is 2. The van der Waals surface area contributed by atoms with E-state index in [0.29, 0.717) is 25.9 Å². The first kappa shape index (κ1) is 28.1. The Morgan fingerprint density at radius 2 is 1.06 bits per heavy atom. The third-order valence-electron chi connectivity index (χ3n) is 6.89. The average Bonchev–Trinajstić information content (AvgIpc) is 3.34. The summed E-state index contributed by atoms with van der Waals surface area (Å²) < 4.78 is 0. The molecule has 33 heavy (non-hydrogen) atoms. The quantitative estimate of drug-likeness (QED) is 0.483. The van der Waals surface area contributed by atoms with Gasteiger partial charge in [-0.3, -0.25) is 9.80 Å². The molecule has 0 saturated carbocycles. The van der Waals surface area contributed by atoms with E-state index >= 15 is 0 Å². The summed E-state index contributed by atoms with van der Waals surface area (Å²) in [6.45, 7) is 6.56. The summed E-state index contributed by atoms with van der Waals surface area (Å²) in [4.78, 5) is 26.3. The largest absolute Gasteiger partial charge is 2.00 e. The Labute approximate surface area is 237 Å². The number of carbonyl (C=O) groups excluding carboxylic acids is 2. The van der Waals surface area contributed by atoms with Gasteiger partial charge in [0.2, 0.25) is 0 Å². The van der Waals surface area contributed by atoms with Gasteiger partial charge in [-0.15, -0.1) is 0 Å². The summed E-state index contributed by atoms with van der Waals surface area (Å²) in [5, 5.41) is 22.3. The van der Waals surface area contributed by atoms with E-state index in [0.717, 1.165) is 37.1 Å². The minimum absolute atomic E-state index is 0. The predicted molar refractivity (Wildman–Crippen MR) is 125 cm³/mol. The van der Waals surface area contributed by atoms with Crippen molar-refractivity contribution in [1.29, 1.82) is 0 Å². The fourth-order valence-electron chi connectivity index (χ4n) is 4.62. The van der Waals surface area contributed by atoms with Gasteiger partial charge in [0.15, 0.2) is 0 Å². The number of hydrogen-bond donors (Lipinski definition) is 0. The molecule has 0 aromatic heterocycles. The molecule has 0 N–H and O–H groups in total. The molecule has 0 unspecified atom stereocenters. The maximum atomic E-state index is 11.2. The van der Waals surface area contributed by atoms with Crippen LogP contribution in [-0.2, 0) is 22.7 Å². The number of carboxylic acids is 2. The minimum Gasteiger partial charge on any atom is -0.548 e. The van der Waals surface area contributed by atoms with E-state index in [9.17, 15) is 19.8 Å². The van der Waals surface area contributed by atoms with Gasteiger partial charge in [-0.1, -0.05) is 60.7 Å². The summed E-state index contributed by atoms with van der Waals surface area (Å²) in [6.07, 6.45) is 3.22. The van der Waals surface area contributed by atoms with Gasteiger partial charge >= 0.3 is 48.9 Å². The summed E-state index contributed by atoms with van der Waals surface area (Å²) >= 11 is 0. The van der Waals surface area contributed by atoms with Crippen LogP contribution in [0, 0.1) is 0 Å². The molecule has 4 rings (SSSR count). The Balaban J connectivity index is 0.000000227. The zero-order chi connectivity index (χ0) is 23.2. The van der Waals surface area contributed by atoms with E-state index in [1.165, 1.54) is 0 Å². The number of rotatable bonds is 6. The maximum Gasteiger partial charge on any atom is 2.00 e. The van der Waals surface area contributed by atoms with E-state index in [4.69, 9.17) is 0 Å². The summed E-state index contributed by atoms with van der Waals surface area (Å²) in [5.74, 6) is -1.91. The molecule has 2 heterocycles. The molecule has 2 fully saturated rings. The molecule has 2 aromatic rings. The van der Waals surface area contributed by atoms with Crippen molar-refractivity contribution in [2.75, 3.05) is 13.1 Å². The average molecular weight is 574 g/mol. The third kappa shape index (κ3) is 6.94. The second-order valence-corrected chi connectivity index (χ2v) is 9.14. The number of nitrogens with zero attached hydrogens (tertiary/aromatic N) is 2. The van der Waals surface area contributed by atoms with Crippen LogP contribution in [0.4, 0.5) is 0 Å². The first-order valence-electron chi connectivity index (χ1n) is 11.3. The van der Waals surface area contributed by atoms with Crippen LogP contribution < -0.4 is 10.2 Å². The monoisotopic (exact) mass is 574 g/mol. The molecular formula is C26H32BaN2O4. The van der Waals surface area contributed by atoms with E-state index < -0.39 is 23.0 Å². The molecule has 0 spiro atoms. The van der Waals surface area contributed by atoms with E-state index in [1.54, 1.807) is 13.8 Å². The zero-order valence-corrected chi connectivity index (χ0v) is 24.1. The molecule has 0 aliphatic carbocycles. The topological polar surface area (TPSA) is 86.7 Å². The van der Waals surface area contributed by atoms with Crippen molar-refractivity contribution in [3.63, 3.8) is 0 Å². The molecule has 2 aliphatic rings. The van der Waals surface area contributed by atoms with Crippen molar-refractivity contribution < 1.29 is 19.8 Å². The number of hydrogen-bond acceptors (Lipinski definition) is 6. The van der Waals surface area contributed by atoms with E-state index in [1.807, 2.05) is 70.5 Å². The standard InChI is InChI=1S/2C13H17NO2.Ba/c2*1-13(12(15)16)8-5-9-14(13)10-11-6-3-2-4-7-11;/h2*2-4,6-7H,5,8-10H2,1H3,(H,15,16);/q;;+2/p-2/t2*13-;/m11./s1. The van der Waals surface area contributed by atoms with Gasteiger partial charge in [-0.2, -0.15) is 0 Å². The second kappa shape index (κ2) is 12.5. The molecule has 2 saturated heterocycles. The van der Waals surface area contributed by atoms with Crippen molar-refractivity contribution >= 4 is 60.8 Å². The zero-order valence-electron chi connectivity index (χ0n) is 19.7. The fourth-order valence-corrected chi connectivity index (χ4v) is 4.62. The van der Waals surface area contributed by atoms with Crippen molar-refractivity contribution in [3.8, 4) is 0 Å². The SMILES string of the molecule is C[C@]1(C(=O)[O-])CCCN1Cc1ccccc1.C[C@]1(C(=O)[O-])CCCN1Cc1ccccc1.[Ba+2]. The van der Waals surface area contributed by atoms with Crippen LogP contribution in [0.2, 0.25) is 0 Å². The molecule has 2 aromatic carbocycles. The Hall–Kier alpha value is -1.13. The molecule has 172 valence electrons. The minimum atomic E-state index is -0.957. The Morgan fingerprint density at radius 3 is 1.36 bits per heavy atom. The van der Waals surface area contributed by atoms with Gasteiger partial charge in [0.25, 0.3) is 0 Å². The first-order valence-corrected chi connectivity index (χ1v) is 11.3. The van der Waals surface area contributed by atoms with Crippen LogP contribution in [0.15, 0.2) is 60.7 Å².